The van der Waals surface area contributed by atoms with E-state index in [1.165, 1.54) is 0 Å². The zero-order valence-electron chi connectivity index (χ0n) is 14.7. The number of benzene rings is 1. The second-order valence-electron chi connectivity index (χ2n) is 6.17. The zero-order chi connectivity index (χ0) is 17.6. The molecular weight excluding hydrogens is 375 g/mol. The molecule has 26 heavy (non-hydrogen) atoms. The van der Waals surface area contributed by atoms with Crippen molar-refractivity contribution in [2.24, 2.45) is 0 Å². The molecule has 0 radical (unpaired) electrons. The molecule has 2 atom stereocenters. The number of hydrogen-bond donors (Lipinski definition) is 2. The van der Waals surface area contributed by atoms with Crippen molar-refractivity contribution in [2.75, 3.05) is 26.7 Å². The average Bonchev–Trinajstić information content (AvgIpc) is 3.14. The summed E-state index contributed by atoms with van der Waals surface area (Å²) in [4.78, 5) is 12.4. The van der Waals surface area contributed by atoms with Crippen LogP contribution in [0.3, 0.4) is 0 Å². The molecule has 1 fully saturated rings. The number of aromatic nitrogens is 2. The van der Waals surface area contributed by atoms with Crippen LogP contribution in [0.15, 0.2) is 36.5 Å². The van der Waals surface area contributed by atoms with E-state index in [2.05, 4.69) is 15.7 Å². The van der Waals surface area contributed by atoms with Crippen molar-refractivity contribution < 1.29 is 9.53 Å². The van der Waals surface area contributed by atoms with Crippen LogP contribution in [-0.4, -0.2) is 42.4 Å². The molecule has 8 heteroatoms. The molecule has 1 aromatic carbocycles. The topological polar surface area (TPSA) is 68.2 Å². The van der Waals surface area contributed by atoms with Gasteiger partial charge in [-0.25, -0.2) is 0 Å². The first-order chi connectivity index (χ1) is 12.2. The van der Waals surface area contributed by atoms with Gasteiger partial charge in [0.05, 0.1) is 12.1 Å². The van der Waals surface area contributed by atoms with Crippen molar-refractivity contribution in [1.82, 2.24) is 20.4 Å². The third-order valence-corrected chi connectivity index (χ3v) is 4.71. The number of carbonyl (C=O) groups is 1. The highest BCUT2D eigenvalue weighted by Gasteiger charge is 2.18. The summed E-state index contributed by atoms with van der Waals surface area (Å²) in [5.41, 5.74) is 1.39. The van der Waals surface area contributed by atoms with Gasteiger partial charge < -0.3 is 15.4 Å². The van der Waals surface area contributed by atoms with E-state index in [4.69, 9.17) is 16.3 Å². The van der Waals surface area contributed by atoms with Crippen LogP contribution >= 0.6 is 24.0 Å². The van der Waals surface area contributed by atoms with E-state index in [1.54, 1.807) is 13.2 Å². The molecule has 0 bridgehead atoms. The number of halogens is 2. The molecule has 3 rings (SSSR count). The van der Waals surface area contributed by atoms with E-state index >= 15 is 0 Å². The molecule has 1 aromatic heterocycles. The Morgan fingerprint density at radius 1 is 1.42 bits per heavy atom. The van der Waals surface area contributed by atoms with Gasteiger partial charge in [-0.2, -0.15) is 5.10 Å². The highest BCUT2D eigenvalue weighted by Crippen LogP contribution is 2.19. The fraction of sp³-hybridized carbons (Fsp3) is 0.444. The molecule has 142 valence electrons. The van der Waals surface area contributed by atoms with E-state index in [9.17, 15) is 4.79 Å². The fourth-order valence-electron chi connectivity index (χ4n) is 3.01. The molecule has 2 unspecified atom stereocenters. The van der Waals surface area contributed by atoms with Gasteiger partial charge in [-0.15, -0.1) is 12.4 Å². The monoisotopic (exact) mass is 398 g/mol. The number of methoxy groups -OCH3 is 1. The van der Waals surface area contributed by atoms with Gasteiger partial charge in [-0.05, 0) is 43.1 Å². The van der Waals surface area contributed by atoms with Crippen LogP contribution < -0.4 is 10.6 Å². The van der Waals surface area contributed by atoms with Crippen molar-refractivity contribution in [3.8, 4) is 0 Å². The van der Waals surface area contributed by atoms with Crippen LogP contribution in [0.1, 0.15) is 41.0 Å². The molecule has 0 spiro atoms. The van der Waals surface area contributed by atoms with Gasteiger partial charge in [0, 0.05) is 31.4 Å². The number of piperidine rings is 1. The molecule has 1 saturated heterocycles. The second-order valence-corrected chi connectivity index (χ2v) is 6.60. The summed E-state index contributed by atoms with van der Waals surface area (Å²) < 4.78 is 7.35. The lowest BCUT2D eigenvalue weighted by molar-refractivity contribution is 0.0823. The van der Waals surface area contributed by atoms with Crippen molar-refractivity contribution >= 4 is 29.9 Å². The number of amides is 1. The quantitative estimate of drug-likeness (QED) is 0.784. The van der Waals surface area contributed by atoms with Crippen LogP contribution in [0, 0.1) is 0 Å². The summed E-state index contributed by atoms with van der Waals surface area (Å²) >= 11 is 5.91. The third-order valence-electron chi connectivity index (χ3n) is 4.46. The first kappa shape index (κ1) is 20.7. The predicted octanol–water partition coefficient (Wildman–Crippen LogP) is 3.00. The molecule has 1 aliphatic heterocycles. The summed E-state index contributed by atoms with van der Waals surface area (Å²) in [5.74, 6) is -0.196. The number of hydrogen-bond acceptors (Lipinski definition) is 4. The molecule has 1 aliphatic rings. The maximum absolute atomic E-state index is 12.4. The summed E-state index contributed by atoms with van der Waals surface area (Å²) in [6.45, 7) is 2.31. The van der Waals surface area contributed by atoms with Crippen LogP contribution in [0.4, 0.5) is 0 Å². The van der Waals surface area contributed by atoms with Crippen LogP contribution in [0.2, 0.25) is 5.02 Å². The van der Waals surface area contributed by atoms with E-state index in [0.29, 0.717) is 23.3 Å². The summed E-state index contributed by atoms with van der Waals surface area (Å²) in [6, 6.07) is 9.49. The van der Waals surface area contributed by atoms with Gasteiger partial charge in [-0.1, -0.05) is 23.7 Å². The number of rotatable bonds is 6. The highest BCUT2D eigenvalue weighted by atomic mass is 35.5. The summed E-state index contributed by atoms with van der Waals surface area (Å²) in [7, 11) is 1.62. The number of nitrogens with zero attached hydrogens (tertiary/aromatic N) is 2. The third kappa shape index (κ3) is 5.20. The Balaban J connectivity index is 0.00000243. The molecule has 2 aromatic rings. The standard InChI is InChI=1S/C18H23ClN4O2.ClH/c1-25-17(13-4-6-14(19)7-5-13)12-21-18(24)16-8-10-23(22-16)15-3-2-9-20-11-15;/h4-8,10,15,17,20H,2-3,9,11-12H2,1H3,(H,21,24);1H. The lowest BCUT2D eigenvalue weighted by Gasteiger charge is -2.22. The van der Waals surface area contributed by atoms with Gasteiger partial charge >= 0.3 is 0 Å². The fourth-order valence-corrected chi connectivity index (χ4v) is 3.14. The first-order valence-electron chi connectivity index (χ1n) is 8.49. The highest BCUT2D eigenvalue weighted by molar-refractivity contribution is 6.30. The Morgan fingerprint density at radius 2 is 2.19 bits per heavy atom. The Kier molecular flexibility index (Phi) is 7.90. The van der Waals surface area contributed by atoms with Crippen LogP contribution in [0.5, 0.6) is 0 Å². The van der Waals surface area contributed by atoms with E-state index in [-0.39, 0.29) is 24.4 Å². The molecule has 1 amide bonds. The predicted molar refractivity (Wildman–Crippen MR) is 104 cm³/mol. The lowest BCUT2D eigenvalue weighted by Crippen LogP contribution is -2.32. The molecule has 6 nitrogen and oxygen atoms in total. The smallest absolute Gasteiger partial charge is 0.271 e. The first-order valence-corrected chi connectivity index (χ1v) is 8.87. The zero-order valence-corrected chi connectivity index (χ0v) is 16.2. The van der Waals surface area contributed by atoms with Gasteiger partial charge in [0.25, 0.3) is 5.91 Å². The van der Waals surface area contributed by atoms with E-state index in [1.807, 2.05) is 35.1 Å². The Hall–Kier alpha value is -1.60. The average molecular weight is 399 g/mol. The maximum Gasteiger partial charge on any atom is 0.271 e. The van der Waals surface area contributed by atoms with Crippen molar-refractivity contribution in [1.29, 1.82) is 0 Å². The molecule has 0 saturated carbocycles. The minimum atomic E-state index is -0.231. The number of ether oxygens (including phenoxy) is 1. The number of nitrogens with one attached hydrogen (secondary N) is 2. The molecular formula is C18H24Cl2N4O2. The minimum Gasteiger partial charge on any atom is -0.375 e. The Labute approximate surface area is 164 Å². The van der Waals surface area contributed by atoms with Gasteiger partial charge in [0.1, 0.15) is 5.69 Å². The molecule has 2 heterocycles. The Bertz CT molecular complexity index is 699. The second kappa shape index (κ2) is 9.92. The van der Waals surface area contributed by atoms with Crippen molar-refractivity contribution in [2.45, 2.75) is 25.0 Å². The van der Waals surface area contributed by atoms with E-state index < -0.39 is 0 Å². The SMILES string of the molecule is COC(CNC(=O)c1ccn(C2CCCNC2)n1)c1ccc(Cl)cc1.Cl. The van der Waals surface area contributed by atoms with Gasteiger partial charge in [-0.3, -0.25) is 9.48 Å². The van der Waals surface area contributed by atoms with Gasteiger partial charge in [0.2, 0.25) is 0 Å². The summed E-state index contributed by atoms with van der Waals surface area (Å²) in [5, 5.41) is 11.3. The normalized spacial score (nSPS) is 18.0. The lowest BCUT2D eigenvalue weighted by atomic mass is 10.1. The largest absolute Gasteiger partial charge is 0.375 e. The molecule has 0 aliphatic carbocycles. The minimum absolute atomic E-state index is 0. The van der Waals surface area contributed by atoms with Crippen molar-refractivity contribution in [3.05, 3.63) is 52.8 Å². The maximum atomic E-state index is 12.4. The van der Waals surface area contributed by atoms with Crippen molar-refractivity contribution in [3.63, 3.8) is 0 Å². The summed E-state index contributed by atoms with van der Waals surface area (Å²) in [6.07, 6.45) is 3.85. The molecule has 2 N–H and O–H groups in total. The van der Waals surface area contributed by atoms with E-state index in [0.717, 1.165) is 31.5 Å². The van der Waals surface area contributed by atoms with Crippen LogP contribution in [0.25, 0.3) is 0 Å². The Morgan fingerprint density at radius 3 is 2.85 bits per heavy atom. The number of carbonyl (C=O) groups excluding carboxylic acids is 1. The van der Waals surface area contributed by atoms with Crippen LogP contribution in [-0.2, 0) is 4.74 Å². The van der Waals surface area contributed by atoms with Gasteiger partial charge in [0.15, 0.2) is 0 Å².